The highest BCUT2D eigenvalue weighted by atomic mass is 16.8. The van der Waals surface area contributed by atoms with Crippen molar-refractivity contribution < 1.29 is 33.6 Å². The van der Waals surface area contributed by atoms with E-state index in [1.165, 1.54) is 7.11 Å². The first kappa shape index (κ1) is 17.3. The van der Waals surface area contributed by atoms with Crippen molar-refractivity contribution in [3.63, 3.8) is 0 Å². The Bertz CT molecular complexity index is 574. The van der Waals surface area contributed by atoms with Crippen LogP contribution in [0.25, 0.3) is 0 Å². The third-order valence-electron chi connectivity index (χ3n) is 4.08. The lowest BCUT2D eigenvalue weighted by atomic mass is 9.99. The zero-order valence-electron chi connectivity index (χ0n) is 13.9. The van der Waals surface area contributed by atoms with Crippen LogP contribution >= 0.6 is 0 Å². The van der Waals surface area contributed by atoms with E-state index in [1.54, 1.807) is 38.1 Å². The number of hydrogen-bond acceptors (Lipinski definition) is 7. The van der Waals surface area contributed by atoms with Crippen molar-refractivity contribution in [2.45, 2.75) is 50.3 Å². The van der Waals surface area contributed by atoms with Crippen molar-refractivity contribution in [2.24, 2.45) is 0 Å². The first-order valence-corrected chi connectivity index (χ1v) is 7.85. The van der Waals surface area contributed by atoms with E-state index < -0.39 is 42.5 Å². The Morgan fingerprint density at radius 3 is 2.54 bits per heavy atom. The van der Waals surface area contributed by atoms with Gasteiger partial charge in [0.15, 0.2) is 12.1 Å². The standard InChI is InChI=1S/C17H22O7/c1-17(2)23-13-12(18)11(22-16(20-3)14(13)24-17)9-21-15(19)10-7-5-4-6-8-10/h4-8,11-14,16,18H,9H2,1-3H3/t11-,12+,13-,14-,16-/m1/s1. The Morgan fingerprint density at radius 1 is 1.21 bits per heavy atom. The molecule has 2 saturated heterocycles. The zero-order valence-corrected chi connectivity index (χ0v) is 13.9. The summed E-state index contributed by atoms with van der Waals surface area (Å²) in [6.45, 7) is 3.41. The molecule has 0 radical (unpaired) electrons. The summed E-state index contributed by atoms with van der Waals surface area (Å²) in [7, 11) is 1.49. The van der Waals surface area contributed by atoms with Crippen LogP contribution in [0.1, 0.15) is 24.2 Å². The van der Waals surface area contributed by atoms with Crippen molar-refractivity contribution in [1.82, 2.24) is 0 Å². The molecule has 0 aromatic heterocycles. The fraction of sp³-hybridized carbons (Fsp3) is 0.588. The summed E-state index contributed by atoms with van der Waals surface area (Å²) in [5.74, 6) is -1.32. The van der Waals surface area contributed by atoms with Crippen LogP contribution in [0.5, 0.6) is 0 Å². The Kier molecular flexibility index (Phi) is 4.89. The molecule has 3 rings (SSSR count). The molecule has 2 aliphatic heterocycles. The van der Waals surface area contributed by atoms with Gasteiger partial charge >= 0.3 is 5.97 Å². The number of fused-ring (bicyclic) bond motifs is 1. The average Bonchev–Trinajstić information content (AvgIpc) is 2.91. The maximum atomic E-state index is 12.0. The third-order valence-corrected chi connectivity index (χ3v) is 4.08. The number of hydrogen-bond donors (Lipinski definition) is 1. The van der Waals surface area contributed by atoms with E-state index in [1.807, 2.05) is 6.07 Å². The zero-order chi connectivity index (χ0) is 17.3. The summed E-state index contributed by atoms with van der Waals surface area (Å²) in [5.41, 5.74) is 0.436. The van der Waals surface area contributed by atoms with E-state index in [-0.39, 0.29) is 6.61 Å². The molecule has 24 heavy (non-hydrogen) atoms. The lowest BCUT2D eigenvalue weighted by molar-refractivity contribution is -0.272. The summed E-state index contributed by atoms with van der Waals surface area (Å²) in [5, 5.41) is 10.5. The van der Waals surface area contributed by atoms with Gasteiger partial charge in [0.1, 0.15) is 31.0 Å². The molecule has 7 nitrogen and oxygen atoms in total. The smallest absolute Gasteiger partial charge is 0.338 e. The van der Waals surface area contributed by atoms with Crippen LogP contribution in [0.2, 0.25) is 0 Å². The van der Waals surface area contributed by atoms with Gasteiger partial charge in [0, 0.05) is 7.11 Å². The molecular weight excluding hydrogens is 316 g/mol. The molecule has 2 heterocycles. The number of carbonyl (C=O) groups is 1. The molecule has 5 atom stereocenters. The highest BCUT2D eigenvalue weighted by Crippen LogP contribution is 2.37. The molecule has 0 unspecified atom stereocenters. The SMILES string of the molecule is CO[C@@H]1O[C@H](COC(=O)c2ccccc2)[C@H](O)[C@H]2OC(C)(C)O[C@@H]12. The van der Waals surface area contributed by atoms with E-state index in [0.717, 1.165) is 0 Å². The number of aliphatic hydroxyl groups is 1. The molecule has 2 aliphatic rings. The number of rotatable bonds is 4. The van der Waals surface area contributed by atoms with Crippen LogP contribution < -0.4 is 0 Å². The van der Waals surface area contributed by atoms with Gasteiger partial charge in [-0.25, -0.2) is 4.79 Å². The van der Waals surface area contributed by atoms with E-state index in [9.17, 15) is 9.90 Å². The van der Waals surface area contributed by atoms with Gasteiger partial charge in [-0.1, -0.05) is 18.2 Å². The lowest BCUT2D eigenvalue weighted by Gasteiger charge is -2.38. The molecule has 7 heteroatoms. The first-order chi connectivity index (χ1) is 11.4. The highest BCUT2D eigenvalue weighted by molar-refractivity contribution is 5.89. The molecule has 1 N–H and O–H groups in total. The number of ether oxygens (including phenoxy) is 5. The Hall–Kier alpha value is -1.51. The van der Waals surface area contributed by atoms with Crippen LogP contribution in [0, 0.1) is 0 Å². The minimum absolute atomic E-state index is 0.109. The van der Waals surface area contributed by atoms with Crippen LogP contribution in [0.3, 0.4) is 0 Å². The molecule has 2 fully saturated rings. The minimum Gasteiger partial charge on any atom is -0.459 e. The number of benzene rings is 1. The first-order valence-electron chi connectivity index (χ1n) is 7.85. The summed E-state index contributed by atoms with van der Waals surface area (Å²) < 4.78 is 27.7. The van der Waals surface area contributed by atoms with Crippen molar-refractivity contribution in [3.05, 3.63) is 35.9 Å². The van der Waals surface area contributed by atoms with Gasteiger partial charge < -0.3 is 28.8 Å². The van der Waals surface area contributed by atoms with Crippen molar-refractivity contribution in [3.8, 4) is 0 Å². The number of esters is 1. The molecule has 1 aromatic carbocycles. The van der Waals surface area contributed by atoms with Gasteiger partial charge in [-0.2, -0.15) is 0 Å². The Balaban J connectivity index is 1.65. The number of carbonyl (C=O) groups excluding carboxylic acids is 1. The molecular formula is C17H22O7. The molecule has 1 aromatic rings. The monoisotopic (exact) mass is 338 g/mol. The molecule has 0 amide bonds. The van der Waals surface area contributed by atoms with E-state index in [2.05, 4.69) is 0 Å². The number of aliphatic hydroxyl groups excluding tert-OH is 1. The fourth-order valence-corrected chi connectivity index (χ4v) is 2.98. The molecule has 0 aliphatic carbocycles. The summed E-state index contributed by atoms with van der Waals surface area (Å²) in [4.78, 5) is 12.0. The average molecular weight is 338 g/mol. The maximum absolute atomic E-state index is 12.0. The van der Waals surface area contributed by atoms with E-state index in [4.69, 9.17) is 23.7 Å². The summed E-state index contributed by atoms with van der Waals surface area (Å²) in [6, 6.07) is 8.63. The molecule has 0 saturated carbocycles. The molecule has 0 bridgehead atoms. The largest absolute Gasteiger partial charge is 0.459 e. The third kappa shape index (κ3) is 3.45. The van der Waals surface area contributed by atoms with E-state index >= 15 is 0 Å². The van der Waals surface area contributed by atoms with Gasteiger partial charge in [-0.15, -0.1) is 0 Å². The predicted octanol–water partition coefficient (Wildman–Crippen LogP) is 1.10. The van der Waals surface area contributed by atoms with Gasteiger partial charge in [0.2, 0.25) is 0 Å². The summed E-state index contributed by atoms with van der Waals surface area (Å²) >= 11 is 0. The Morgan fingerprint density at radius 2 is 1.88 bits per heavy atom. The van der Waals surface area contributed by atoms with Gasteiger partial charge in [0.05, 0.1) is 5.56 Å². The normalized spacial score (nSPS) is 34.6. The van der Waals surface area contributed by atoms with Crippen LogP contribution in [0.15, 0.2) is 30.3 Å². The Labute approximate surface area is 140 Å². The van der Waals surface area contributed by atoms with Crippen LogP contribution in [0.4, 0.5) is 0 Å². The van der Waals surface area contributed by atoms with Crippen LogP contribution in [-0.2, 0) is 23.7 Å². The second-order valence-corrected chi connectivity index (χ2v) is 6.30. The minimum atomic E-state index is -0.994. The van der Waals surface area contributed by atoms with E-state index in [0.29, 0.717) is 5.56 Å². The lowest BCUT2D eigenvalue weighted by Crippen LogP contribution is -2.58. The molecule has 0 spiro atoms. The topological polar surface area (TPSA) is 83.5 Å². The summed E-state index contributed by atoms with van der Waals surface area (Å²) in [6.07, 6.45) is -3.62. The van der Waals surface area contributed by atoms with Gasteiger partial charge in [-0.3, -0.25) is 0 Å². The highest BCUT2D eigenvalue weighted by Gasteiger charge is 2.55. The predicted molar refractivity (Wildman–Crippen MR) is 82.2 cm³/mol. The van der Waals surface area contributed by atoms with Gasteiger partial charge in [0.25, 0.3) is 0 Å². The van der Waals surface area contributed by atoms with Crippen molar-refractivity contribution >= 4 is 5.97 Å². The quantitative estimate of drug-likeness (QED) is 0.823. The second-order valence-electron chi connectivity index (χ2n) is 6.30. The second kappa shape index (κ2) is 6.78. The molecule has 132 valence electrons. The number of methoxy groups -OCH3 is 1. The fourth-order valence-electron chi connectivity index (χ4n) is 2.98. The van der Waals surface area contributed by atoms with Gasteiger partial charge in [-0.05, 0) is 26.0 Å². The van der Waals surface area contributed by atoms with Crippen molar-refractivity contribution in [2.75, 3.05) is 13.7 Å². The van der Waals surface area contributed by atoms with Crippen molar-refractivity contribution in [1.29, 1.82) is 0 Å². The maximum Gasteiger partial charge on any atom is 0.338 e. The van der Waals surface area contributed by atoms with Crippen LogP contribution in [-0.4, -0.2) is 61.3 Å².